The number of halogens is 1. The summed E-state index contributed by atoms with van der Waals surface area (Å²) < 4.78 is 24.7. The highest BCUT2D eigenvalue weighted by Crippen LogP contribution is 2.27. The molecule has 8 heteroatoms. The molecule has 0 aliphatic heterocycles. The van der Waals surface area contributed by atoms with Gasteiger partial charge in [-0.15, -0.1) is 0 Å². The Hall–Kier alpha value is -3.68. The van der Waals surface area contributed by atoms with Gasteiger partial charge in [-0.3, -0.25) is 4.79 Å². The molecule has 0 spiro atoms. The number of carbonyl (C=O) groups excluding carboxylic acids is 1. The number of rotatable bonds is 9. The fraction of sp³-hybridized carbons (Fsp3) is 0.292. The molecule has 1 heterocycles. The van der Waals surface area contributed by atoms with Crippen molar-refractivity contribution >= 4 is 17.8 Å². The lowest BCUT2D eigenvalue weighted by atomic mass is 9.96. The fourth-order valence-electron chi connectivity index (χ4n) is 3.24. The highest BCUT2D eigenvalue weighted by Gasteiger charge is 2.14. The number of aliphatic imine (C=N–C) groups is 1. The van der Waals surface area contributed by atoms with Crippen molar-refractivity contribution in [2.75, 3.05) is 13.2 Å². The summed E-state index contributed by atoms with van der Waals surface area (Å²) in [5.74, 6) is -0.214. The van der Waals surface area contributed by atoms with Gasteiger partial charge >= 0.3 is 5.97 Å². The number of nitrogens with two attached hydrogens (primary N) is 1. The minimum atomic E-state index is -0.309. The lowest BCUT2D eigenvalue weighted by molar-refractivity contribution is -0.142. The molecule has 0 aliphatic carbocycles. The van der Waals surface area contributed by atoms with Crippen LogP contribution in [-0.4, -0.2) is 30.2 Å². The third kappa shape index (κ3) is 6.41. The van der Waals surface area contributed by atoms with E-state index in [4.69, 9.17) is 15.0 Å². The van der Waals surface area contributed by atoms with Crippen molar-refractivity contribution in [1.82, 2.24) is 10.5 Å². The van der Waals surface area contributed by atoms with Crippen molar-refractivity contribution < 1.29 is 18.4 Å². The number of benzene rings is 2. The molecule has 0 aliphatic rings. The summed E-state index contributed by atoms with van der Waals surface area (Å²) >= 11 is 0. The second-order valence-corrected chi connectivity index (χ2v) is 7.35. The zero-order valence-electron chi connectivity index (χ0n) is 18.2. The van der Waals surface area contributed by atoms with Crippen LogP contribution in [0.25, 0.3) is 11.1 Å². The molecule has 0 saturated heterocycles. The van der Waals surface area contributed by atoms with E-state index in [0.717, 1.165) is 11.1 Å². The van der Waals surface area contributed by atoms with Crippen molar-refractivity contribution in [3.63, 3.8) is 0 Å². The number of nitrogens with one attached hydrogen (secondary N) is 1. The molecule has 3 aromatic rings. The molecule has 0 bridgehead atoms. The maximum Gasteiger partial charge on any atom is 0.307 e. The molecule has 0 radical (unpaired) electrons. The molecular formula is C24H27FN4O3. The summed E-state index contributed by atoms with van der Waals surface area (Å²) in [5.41, 5.74) is 8.78. The smallest absolute Gasteiger partial charge is 0.307 e. The first-order valence-corrected chi connectivity index (χ1v) is 10.5. The van der Waals surface area contributed by atoms with Gasteiger partial charge in [0.1, 0.15) is 5.82 Å². The summed E-state index contributed by atoms with van der Waals surface area (Å²) in [7, 11) is 0. The predicted molar refractivity (Wildman–Crippen MR) is 121 cm³/mol. The average Bonchev–Trinajstić information content (AvgIpc) is 3.23. The second kappa shape index (κ2) is 11.1. The molecule has 2 aromatic carbocycles. The van der Waals surface area contributed by atoms with Crippen molar-refractivity contribution in [3.05, 3.63) is 71.7 Å². The van der Waals surface area contributed by atoms with Crippen molar-refractivity contribution in [3.8, 4) is 11.1 Å². The van der Waals surface area contributed by atoms with Gasteiger partial charge in [0.05, 0.1) is 18.7 Å². The molecule has 1 unspecified atom stereocenters. The van der Waals surface area contributed by atoms with Gasteiger partial charge in [-0.05, 0) is 30.5 Å². The SMILES string of the molecule is CCOC(=O)CCNC(N)=Nc1cc(C(C)Cc2ccc(-c3ccccc3)c(F)c2)no1. The number of hydrogen-bond acceptors (Lipinski definition) is 5. The van der Waals surface area contributed by atoms with Crippen LogP contribution >= 0.6 is 0 Å². The Morgan fingerprint density at radius 2 is 2.03 bits per heavy atom. The number of nitrogens with zero attached hydrogens (tertiary/aromatic N) is 2. The summed E-state index contributed by atoms with van der Waals surface area (Å²) in [5, 5.41) is 6.87. The van der Waals surface area contributed by atoms with Crippen molar-refractivity contribution in [2.24, 2.45) is 10.7 Å². The Balaban J connectivity index is 1.58. The van der Waals surface area contributed by atoms with E-state index in [0.29, 0.717) is 30.8 Å². The van der Waals surface area contributed by atoms with Crippen LogP contribution < -0.4 is 11.1 Å². The third-order valence-electron chi connectivity index (χ3n) is 4.85. The highest BCUT2D eigenvalue weighted by molar-refractivity contribution is 5.80. The highest BCUT2D eigenvalue weighted by atomic mass is 19.1. The number of aromatic nitrogens is 1. The molecule has 1 aromatic heterocycles. The summed E-state index contributed by atoms with van der Waals surface area (Å²) in [4.78, 5) is 15.4. The number of hydrogen-bond donors (Lipinski definition) is 2. The molecule has 0 fully saturated rings. The van der Waals surface area contributed by atoms with Gasteiger partial charge in [0.15, 0.2) is 5.96 Å². The summed E-state index contributed by atoms with van der Waals surface area (Å²) in [6.07, 6.45) is 0.775. The van der Waals surface area contributed by atoms with Crippen LogP contribution in [0.3, 0.4) is 0 Å². The van der Waals surface area contributed by atoms with Gasteiger partial charge in [0, 0.05) is 24.1 Å². The Labute approximate surface area is 186 Å². The van der Waals surface area contributed by atoms with Crippen LogP contribution in [0.2, 0.25) is 0 Å². The van der Waals surface area contributed by atoms with E-state index >= 15 is 0 Å². The number of guanidine groups is 1. The number of ether oxygens (including phenoxy) is 1. The maximum atomic E-state index is 14.6. The van der Waals surface area contributed by atoms with Crippen LogP contribution in [0.4, 0.5) is 10.3 Å². The zero-order chi connectivity index (χ0) is 22.9. The normalized spacial score (nSPS) is 12.4. The topological polar surface area (TPSA) is 103 Å². The summed E-state index contributed by atoms with van der Waals surface area (Å²) in [6, 6.07) is 16.4. The number of carbonyl (C=O) groups is 1. The van der Waals surface area contributed by atoms with E-state index in [-0.39, 0.29) is 36.0 Å². The first-order valence-electron chi connectivity index (χ1n) is 10.5. The lowest BCUT2D eigenvalue weighted by Crippen LogP contribution is -2.33. The number of esters is 1. The first-order chi connectivity index (χ1) is 15.5. The van der Waals surface area contributed by atoms with E-state index in [1.807, 2.05) is 43.3 Å². The molecule has 32 heavy (non-hydrogen) atoms. The predicted octanol–water partition coefficient (Wildman–Crippen LogP) is 4.32. The molecule has 3 N–H and O–H groups in total. The zero-order valence-corrected chi connectivity index (χ0v) is 18.2. The third-order valence-corrected chi connectivity index (χ3v) is 4.85. The van der Waals surface area contributed by atoms with Crippen molar-refractivity contribution in [1.29, 1.82) is 0 Å². The Kier molecular flexibility index (Phi) is 7.96. The minimum Gasteiger partial charge on any atom is -0.466 e. The molecule has 168 valence electrons. The Bertz CT molecular complexity index is 1070. The van der Waals surface area contributed by atoms with E-state index in [2.05, 4.69) is 15.5 Å². The minimum absolute atomic E-state index is 0.0114. The van der Waals surface area contributed by atoms with Crippen LogP contribution in [0.15, 0.2) is 64.1 Å². The molecule has 3 rings (SSSR count). The van der Waals surface area contributed by atoms with Crippen LogP contribution in [0, 0.1) is 5.82 Å². The van der Waals surface area contributed by atoms with Gasteiger partial charge < -0.3 is 20.3 Å². The van der Waals surface area contributed by atoms with Crippen LogP contribution in [0.1, 0.15) is 37.4 Å². The molecular weight excluding hydrogens is 411 g/mol. The molecule has 7 nitrogen and oxygen atoms in total. The molecule has 1 atom stereocenters. The van der Waals surface area contributed by atoms with Crippen LogP contribution in [-0.2, 0) is 16.0 Å². The average molecular weight is 439 g/mol. The van der Waals surface area contributed by atoms with Gasteiger partial charge in [-0.1, -0.05) is 54.5 Å². The first kappa shape index (κ1) is 23.0. The quantitative estimate of drug-likeness (QED) is 0.293. The Morgan fingerprint density at radius 1 is 1.25 bits per heavy atom. The lowest BCUT2D eigenvalue weighted by Gasteiger charge is -2.10. The monoisotopic (exact) mass is 438 g/mol. The van der Waals surface area contributed by atoms with E-state index in [1.165, 1.54) is 0 Å². The summed E-state index contributed by atoms with van der Waals surface area (Å²) in [6.45, 7) is 4.37. The fourth-order valence-corrected chi connectivity index (χ4v) is 3.24. The molecule has 0 saturated carbocycles. The van der Waals surface area contributed by atoms with Gasteiger partial charge in [0.2, 0.25) is 0 Å². The standard InChI is InChI=1S/C24H27FN4O3/c1-3-31-23(30)11-12-27-24(26)28-22-15-21(29-32-22)16(2)13-17-9-10-19(20(25)14-17)18-7-5-4-6-8-18/h4-10,14-16H,3,11-13H2,1-2H3,(H3,26,27,28). The van der Waals surface area contributed by atoms with Crippen LogP contribution in [0.5, 0.6) is 0 Å². The van der Waals surface area contributed by atoms with Gasteiger partial charge in [-0.2, -0.15) is 4.99 Å². The largest absolute Gasteiger partial charge is 0.466 e. The van der Waals surface area contributed by atoms with Gasteiger partial charge in [-0.25, -0.2) is 4.39 Å². The van der Waals surface area contributed by atoms with Gasteiger partial charge in [0.25, 0.3) is 5.88 Å². The van der Waals surface area contributed by atoms with E-state index < -0.39 is 0 Å². The maximum absolute atomic E-state index is 14.6. The Morgan fingerprint density at radius 3 is 2.75 bits per heavy atom. The van der Waals surface area contributed by atoms with E-state index in [1.54, 1.807) is 25.1 Å². The second-order valence-electron chi connectivity index (χ2n) is 7.35. The van der Waals surface area contributed by atoms with Crippen molar-refractivity contribution in [2.45, 2.75) is 32.6 Å². The molecule has 0 amide bonds. The van der Waals surface area contributed by atoms with E-state index in [9.17, 15) is 9.18 Å².